The number of nitrogens with zero attached hydrogens (tertiary/aromatic N) is 5. The summed E-state index contributed by atoms with van der Waals surface area (Å²) in [6.07, 6.45) is 1.14. The maximum atomic E-state index is 13.2. The summed E-state index contributed by atoms with van der Waals surface area (Å²) in [5.41, 5.74) is 2.12. The lowest BCUT2D eigenvalue weighted by molar-refractivity contribution is -0.00487. The van der Waals surface area contributed by atoms with Crippen LogP contribution in [0.1, 0.15) is 30.1 Å². The molecule has 1 saturated heterocycles. The number of nitrogens with one attached hydrogen (secondary N) is 1. The Morgan fingerprint density at radius 1 is 1.30 bits per heavy atom. The van der Waals surface area contributed by atoms with E-state index in [0.29, 0.717) is 36.9 Å². The summed E-state index contributed by atoms with van der Waals surface area (Å²) < 4.78 is 35.4. The van der Waals surface area contributed by atoms with Crippen LogP contribution in [0.15, 0.2) is 34.7 Å². The monoisotopic (exact) mass is 448 g/mol. The van der Waals surface area contributed by atoms with Gasteiger partial charge in [0.25, 0.3) is 0 Å². The number of hydrogen-bond donors (Lipinski definition) is 1. The summed E-state index contributed by atoms with van der Waals surface area (Å²) in [4.78, 5) is 9.24. The summed E-state index contributed by atoms with van der Waals surface area (Å²) in [5.74, 6) is 0.644. The molecule has 3 aromatic heterocycles. The third-order valence-electron chi connectivity index (χ3n) is 4.83. The van der Waals surface area contributed by atoms with Gasteiger partial charge in [-0.05, 0) is 32.9 Å². The van der Waals surface area contributed by atoms with Crippen molar-refractivity contribution >= 4 is 32.3 Å². The molecule has 1 N–H and O–H groups in total. The van der Waals surface area contributed by atoms with E-state index in [4.69, 9.17) is 4.74 Å². The number of aromatic nitrogens is 4. The number of hydrogen-bond acceptors (Lipinski definition) is 8. The van der Waals surface area contributed by atoms with E-state index >= 15 is 0 Å². The van der Waals surface area contributed by atoms with Crippen LogP contribution in [0, 0.1) is 13.8 Å². The molecule has 1 fully saturated rings. The van der Waals surface area contributed by atoms with Gasteiger partial charge in [-0.3, -0.25) is 4.68 Å². The van der Waals surface area contributed by atoms with Crippen LogP contribution < -0.4 is 5.32 Å². The highest BCUT2D eigenvalue weighted by molar-refractivity contribution is 7.89. The number of ether oxygens (including phenoxy) is 1. The second-order valence-electron chi connectivity index (χ2n) is 7.02. The fourth-order valence-corrected chi connectivity index (χ4v) is 5.59. The number of morpholine rings is 1. The lowest BCUT2D eigenvalue weighted by atomic mass is 10.2. The van der Waals surface area contributed by atoms with Crippen molar-refractivity contribution in [3.63, 3.8) is 0 Å². The summed E-state index contributed by atoms with van der Waals surface area (Å²) in [5, 5.41) is 10.2. The van der Waals surface area contributed by atoms with E-state index < -0.39 is 16.1 Å². The van der Waals surface area contributed by atoms with Gasteiger partial charge < -0.3 is 10.1 Å². The van der Waals surface area contributed by atoms with Crippen molar-refractivity contribution in [1.82, 2.24) is 24.1 Å². The highest BCUT2D eigenvalue weighted by Gasteiger charge is 2.34. The van der Waals surface area contributed by atoms with E-state index in [9.17, 15) is 8.42 Å². The van der Waals surface area contributed by atoms with Crippen LogP contribution in [-0.2, 0) is 21.3 Å². The Morgan fingerprint density at radius 2 is 2.13 bits per heavy atom. The van der Waals surface area contributed by atoms with Crippen LogP contribution >= 0.6 is 11.3 Å². The number of anilines is 2. The van der Waals surface area contributed by atoms with Gasteiger partial charge >= 0.3 is 0 Å². The zero-order valence-electron chi connectivity index (χ0n) is 17.1. The maximum absolute atomic E-state index is 13.2. The van der Waals surface area contributed by atoms with Gasteiger partial charge in [0.15, 0.2) is 5.13 Å². The van der Waals surface area contributed by atoms with E-state index in [2.05, 4.69) is 20.4 Å². The average Bonchev–Trinajstić information content (AvgIpc) is 3.33. The van der Waals surface area contributed by atoms with Gasteiger partial charge in [-0.1, -0.05) is 6.07 Å². The van der Waals surface area contributed by atoms with Gasteiger partial charge in [-0.15, -0.1) is 11.3 Å². The highest BCUT2D eigenvalue weighted by atomic mass is 32.2. The lowest BCUT2D eigenvalue weighted by Crippen LogP contribution is -2.42. The molecule has 4 heterocycles. The maximum Gasteiger partial charge on any atom is 0.246 e. The molecule has 1 aliphatic heterocycles. The molecule has 0 saturated carbocycles. The Labute approximate surface area is 179 Å². The molecular weight excluding hydrogens is 424 g/mol. The zero-order valence-corrected chi connectivity index (χ0v) is 18.7. The molecule has 0 radical (unpaired) electrons. The number of sulfonamides is 1. The zero-order chi connectivity index (χ0) is 21.3. The Kier molecular flexibility index (Phi) is 5.87. The van der Waals surface area contributed by atoms with Gasteiger partial charge in [0.2, 0.25) is 10.0 Å². The largest absolute Gasteiger partial charge is 0.369 e. The molecule has 4 rings (SSSR count). The molecule has 1 unspecified atom stereocenters. The SMILES string of the molecule is CCn1cc(S(=O)(=O)N2CCOC(c3cccc(Nc4nc(C)cs4)n3)C2)c(C)n1. The van der Waals surface area contributed by atoms with Gasteiger partial charge in [-0.25, -0.2) is 18.4 Å². The molecule has 1 atom stereocenters. The summed E-state index contributed by atoms with van der Waals surface area (Å²) in [6.45, 7) is 6.99. The van der Waals surface area contributed by atoms with Crippen LogP contribution in [-0.4, -0.2) is 52.2 Å². The standard InChI is InChI=1S/C19H24N6O3S2/c1-4-24-11-17(14(3)23-24)30(26,27)25-8-9-28-16(10-25)15-6-5-7-18(21-15)22-19-20-13(2)12-29-19/h5-7,11-12,16H,4,8-10H2,1-3H3,(H,20,21,22). The first-order valence-electron chi connectivity index (χ1n) is 9.68. The molecule has 9 nitrogen and oxygen atoms in total. The third kappa shape index (κ3) is 4.24. The van der Waals surface area contributed by atoms with Crippen LogP contribution in [0.2, 0.25) is 0 Å². The van der Waals surface area contributed by atoms with Gasteiger partial charge in [-0.2, -0.15) is 9.40 Å². The molecule has 0 spiro atoms. The normalized spacial score (nSPS) is 17.9. The van der Waals surface area contributed by atoms with Crippen molar-refractivity contribution < 1.29 is 13.2 Å². The third-order valence-corrected chi connectivity index (χ3v) is 7.67. The number of rotatable bonds is 6. The van der Waals surface area contributed by atoms with Crippen LogP contribution in [0.5, 0.6) is 0 Å². The van der Waals surface area contributed by atoms with Crippen LogP contribution in [0.4, 0.5) is 10.9 Å². The van der Waals surface area contributed by atoms with Gasteiger partial charge in [0, 0.05) is 31.2 Å². The van der Waals surface area contributed by atoms with Crippen molar-refractivity contribution in [2.75, 3.05) is 25.0 Å². The number of aryl methyl sites for hydroxylation is 3. The summed E-state index contributed by atoms with van der Waals surface area (Å²) >= 11 is 1.50. The molecule has 3 aromatic rings. The van der Waals surface area contributed by atoms with Crippen LogP contribution in [0.25, 0.3) is 0 Å². The van der Waals surface area contributed by atoms with Crippen molar-refractivity contribution in [2.45, 2.75) is 38.3 Å². The quantitative estimate of drug-likeness (QED) is 0.618. The Bertz CT molecular complexity index is 1140. The van der Waals surface area contributed by atoms with Crippen molar-refractivity contribution in [1.29, 1.82) is 0 Å². The molecule has 0 aliphatic carbocycles. The van der Waals surface area contributed by atoms with Gasteiger partial charge in [0.1, 0.15) is 16.8 Å². The Hall–Kier alpha value is -2.34. The molecular formula is C19H24N6O3S2. The molecule has 0 bridgehead atoms. The topological polar surface area (TPSA) is 102 Å². The van der Waals surface area contributed by atoms with Crippen LogP contribution in [0.3, 0.4) is 0 Å². The first-order chi connectivity index (χ1) is 14.4. The van der Waals surface area contributed by atoms with E-state index in [1.807, 2.05) is 37.4 Å². The summed E-state index contributed by atoms with van der Waals surface area (Å²) in [6, 6.07) is 5.57. The highest BCUT2D eigenvalue weighted by Crippen LogP contribution is 2.28. The Morgan fingerprint density at radius 3 is 2.83 bits per heavy atom. The minimum atomic E-state index is -3.66. The predicted octanol–water partition coefficient (Wildman–Crippen LogP) is 2.88. The smallest absolute Gasteiger partial charge is 0.246 e. The second kappa shape index (κ2) is 8.42. The van der Waals surface area contributed by atoms with Crippen molar-refractivity contribution in [3.05, 3.63) is 46.9 Å². The minimum Gasteiger partial charge on any atom is -0.369 e. The molecule has 0 aromatic carbocycles. The fraction of sp³-hybridized carbons (Fsp3) is 0.421. The number of thiazole rings is 1. The van der Waals surface area contributed by atoms with E-state index in [1.54, 1.807) is 17.8 Å². The van der Waals surface area contributed by atoms with Gasteiger partial charge in [0.05, 0.1) is 23.7 Å². The lowest BCUT2D eigenvalue weighted by Gasteiger charge is -2.31. The summed E-state index contributed by atoms with van der Waals surface area (Å²) in [7, 11) is -3.66. The molecule has 30 heavy (non-hydrogen) atoms. The predicted molar refractivity (Wildman–Crippen MR) is 114 cm³/mol. The first-order valence-corrected chi connectivity index (χ1v) is 12.0. The second-order valence-corrected chi connectivity index (χ2v) is 9.79. The fourth-order valence-electron chi connectivity index (χ4n) is 3.30. The van der Waals surface area contributed by atoms with E-state index in [-0.39, 0.29) is 11.4 Å². The van der Waals surface area contributed by atoms with Crippen molar-refractivity contribution in [2.24, 2.45) is 0 Å². The average molecular weight is 449 g/mol. The Balaban J connectivity index is 1.54. The molecule has 1 aliphatic rings. The minimum absolute atomic E-state index is 0.200. The van der Waals surface area contributed by atoms with E-state index in [0.717, 1.165) is 10.8 Å². The number of pyridine rings is 1. The molecule has 160 valence electrons. The van der Waals surface area contributed by atoms with Crippen molar-refractivity contribution in [3.8, 4) is 0 Å². The molecule has 11 heteroatoms. The van der Waals surface area contributed by atoms with E-state index in [1.165, 1.54) is 15.6 Å². The molecule has 0 amide bonds. The first kappa shape index (κ1) is 20.9.